The summed E-state index contributed by atoms with van der Waals surface area (Å²) in [5.74, 6) is 0.0833. The van der Waals surface area contributed by atoms with Crippen LogP contribution in [0, 0.1) is 5.41 Å². The minimum absolute atomic E-state index is 0.0833. The Morgan fingerprint density at radius 3 is 2.25 bits per heavy atom. The molecule has 0 aromatic rings. The first-order valence-corrected chi connectivity index (χ1v) is 2.02. The summed E-state index contributed by atoms with van der Waals surface area (Å²) in [6.07, 6.45) is 0.929. The largest absolute Gasteiger partial charge is 0.481 e. The minimum Gasteiger partial charge on any atom is -0.481 e. The molecular formula is C4H9N3O. The van der Waals surface area contributed by atoms with Crippen molar-refractivity contribution in [2.24, 2.45) is 11.5 Å². The normalized spacial score (nSPS) is 12.1. The molecule has 0 aliphatic heterocycles. The maximum atomic E-state index is 6.57. The van der Waals surface area contributed by atoms with Crippen molar-refractivity contribution in [1.29, 1.82) is 5.41 Å². The second-order valence-corrected chi connectivity index (χ2v) is 1.17. The fourth-order valence-corrected chi connectivity index (χ4v) is 0.189. The van der Waals surface area contributed by atoms with Gasteiger partial charge in [-0.25, -0.2) is 0 Å². The number of allylic oxidation sites excluding steroid dienone is 1. The number of rotatable bonds is 2. The molecule has 0 aromatic heterocycles. The standard InChI is InChI=1S/C4H9N3O/c1-8-4(7)3(6)2-5/h2,5H,6-7H2,1H3/b4-3-,5-2?. The lowest BCUT2D eigenvalue weighted by atomic mass is 10.5. The minimum atomic E-state index is 0.0833. The highest BCUT2D eigenvalue weighted by atomic mass is 16.5. The van der Waals surface area contributed by atoms with Gasteiger partial charge in [0.1, 0.15) is 5.70 Å². The van der Waals surface area contributed by atoms with E-state index in [1.54, 1.807) is 0 Å². The van der Waals surface area contributed by atoms with E-state index in [0.717, 1.165) is 6.21 Å². The van der Waals surface area contributed by atoms with Crippen molar-refractivity contribution in [1.82, 2.24) is 0 Å². The Kier molecular flexibility index (Phi) is 2.47. The Balaban J connectivity index is 4.03. The number of ether oxygens (including phenoxy) is 1. The molecule has 0 aliphatic carbocycles. The Morgan fingerprint density at radius 2 is 2.12 bits per heavy atom. The van der Waals surface area contributed by atoms with Crippen molar-refractivity contribution >= 4 is 6.21 Å². The molecule has 0 atom stereocenters. The van der Waals surface area contributed by atoms with E-state index in [-0.39, 0.29) is 11.6 Å². The second kappa shape index (κ2) is 2.90. The molecular weight excluding hydrogens is 106 g/mol. The van der Waals surface area contributed by atoms with E-state index in [9.17, 15) is 0 Å². The van der Waals surface area contributed by atoms with Gasteiger partial charge in [-0.05, 0) is 0 Å². The molecule has 4 heteroatoms. The lowest BCUT2D eigenvalue weighted by molar-refractivity contribution is 0.284. The summed E-state index contributed by atoms with van der Waals surface area (Å²) in [6, 6.07) is 0. The van der Waals surface area contributed by atoms with Crippen molar-refractivity contribution < 1.29 is 4.74 Å². The second-order valence-electron chi connectivity index (χ2n) is 1.17. The molecule has 8 heavy (non-hydrogen) atoms. The summed E-state index contributed by atoms with van der Waals surface area (Å²) in [5, 5.41) is 6.57. The van der Waals surface area contributed by atoms with Crippen molar-refractivity contribution in [3.05, 3.63) is 11.6 Å². The fraction of sp³-hybridized carbons (Fsp3) is 0.250. The molecule has 46 valence electrons. The maximum Gasteiger partial charge on any atom is 0.209 e. The van der Waals surface area contributed by atoms with Crippen LogP contribution in [0.5, 0.6) is 0 Å². The molecule has 0 aromatic carbocycles. The average Bonchev–Trinajstić information content (AvgIpc) is 1.84. The van der Waals surface area contributed by atoms with E-state index in [1.807, 2.05) is 0 Å². The molecule has 0 aliphatic rings. The van der Waals surface area contributed by atoms with Crippen molar-refractivity contribution in [3.8, 4) is 0 Å². The quantitative estimate of drug-likeness (QED) is 0.331. The Hall–Kier alpha value is -1.19. The summed E-state index contributed by atoms with van der Waals surface area (Å²) in [7, 11) is 1.39. The van der Waals surface area contributed by atoms with E-state index >= 15 is 0 Å². The van der Waals surface area contributed by atoms with Gasteiger partial charge in [-0.3, -0.25) is 0 Å². The highest BCUT2D eigenvalue weighted by molar-refractivity contribution is 5.74. The van der Waals surface area contributed by atoms with Crippen LogP contribution >= 0.6 is 0 Å². The van der Waals surface area contributed by atoms with Crippen LogP contribution in [0.2, 0.25) is 0 Å². The lowest BCUT2D eigenvalue weighted by Crippen LogP contribution is -2.11. The first kappa shape index (κ1) is 6.81. The third-order valence-corrected chi connectivity index (χ3v) is 0.660. The zero-order valence-corrected chi connectivity index (χ0v) is 4.64. The maximum absolute atomic E-state index is 6.57. The van der Waals surface area contributed by atoms with Crippen LogP contribution in [0.1, 0.15) is 0 Å². The van der Waals surface area contributed by atoms with Crippen LogP contribution in [-0.2, 0) is 4.74 Å². The number of hydrogen-bond acceptors (Lipinski definition) is 4. The third-order valence-electron chi connectivity index (χ3n) is 0.660. The summed E-state index contributed by atoms with van der Waals surface area (Å²) in [6.45, 7) is 0. The topological polar surface area (TPSA) is 85.1 Å². The predicted molar refractivity (Wildman–Crippen MR) is 31.2 cm³/mol. The molecule has 0 saturated carbocycles. The number of hydrogen-bond donors (Lipinski definition) is 3. The fourth-order valence-electron chi connectivity index (χ4n) is 0.189. The number of nitrogens with one attached hydrogen (secondary N) is 1. The van der Waals surface area contributed by atoms with Gasteiger partial charge >= 0.3 is 0 Å². The average molecular weight is 115 g/mol. The Morgan fingerprint density at radius 1 is 1.62 bits per heavy atom. The van der Waals surface area contributed by atoms with Gasteiger partial charge in [-0.15, -0.1) is 0 Å². The molecule has 0 rings (SSSR count). The van der Waals surface area contributed by atoms with Crippen molar-refractivity contribution in [2.75, 3.05) is 7.11 Å². The van der Waals surface area contributed by atoms with Gasteiger partial charge in [-0.1, -0.05) is 0 Å². The van der Waals surface area contributed by atoms with Crippen molar-refractivity contribution in [3.63, 3.8) is 0 Å². The van der Waals surface area contributed by atoms with E-state index < -0.39 is 0 Å². The van der Waals surface area contributed by atoms with Gasteiger partial charge in [0.15, 0.2) is 0 Å². The van der Waals surface area contributed by atoms with E-state index in [2.05, 4.69) is 4.74 Å². The van der Waals surface area contributed by atoms with Gasteiger partial charge in [0, 0.05) is 6.21 Å². The molecule has 0 spiro atoms. The first-order valence-electron chi connectivity index (χ1n) is 2.02. The molecule has 0 heterocycles. The van der Waals surface area contributed by atoms with Crippen LogP contribution in [-0.4, -0.2) is 13.3 Å². The predicted octanol–water partition coefficient (Wildman–Crippen LogP) is -0.631. The van der Waals surface area contributed by atoms with Crippen LogP contribution in [0.3, 0.4) is 0 Å². The van der Waals surface area contributed by atoms with Crippen LogP contribution in [0.25, 0.3) is 0 Å². The van der Waals surface area contributed by atoms with Crippen molar-refractivity contribution in [2.45, 2.75) is 0 Å². The monoisotopic (exact) mass is 115 g/mol. The smallest absolute Gasteiger partial charge is 0.209 e. The molecule has 5 N–H and O–H groups in total. The van der Waals surface area contributed by atoms with Crippen LogP contribution < -0.4 is 11.5 Å². The van der Waals surface area contributed by atoms with E-state index in [0.29, 0.717) is 0 Å². The first-order chi connectivity index (χ1) is 3.72. The molecule has 0 unspecified atom stereocenters. The molecule has 0 fully saturated rings. The summed E-state index contributed by atoms with van der Waals surface area (Å²) in [4.78, 5) is 0. The molecule has 0 radical (unpaired) electrons. The van der Waals surface area contributed by atoms with E-state index in [1.165, 1.54) is 7.11 Å². The Bertz CT molecular complexity index is 118. The van der Waals surface area contributed by atoms with Gasteiger partial charge in [0.25, 0.3) is 0 Å². The molecule has 0 saturated heterocycles. The number of methoxy groups -OCH3 is 1. The summed E-state index contributed by atoms with van der Waals surface area (Å²) >= 11 is 0. The zero-order valence-electron chi connectivity index (χ0n) is 4.64. The van der Waals surface area contributed by atoms with Gasteiger partial charge in [0.05, 0.1) is 7.11 Å². The Labute approximate surface area is 47.6 Å². The number of nitrogens with two attached hydrogens (primary N) is 2. The molecule has 4 nitrogen and oxygen atoms in total. The van der Waals surface area contributed by atoms with Gasteiger partial charge in [-0.2, -0.15) is 0 Å². The highest BCUT2D eigenvalue weighted by Gasteiger charge is 1.89. The zero-order chi connectivity index (χ0) is 6.57. The van der Waals surface area contributed by atoms with Gasteiger partial charge < -0.3 is 21.6 Å². The summed E-state index contributed by atoms with van der Waals surface area (Å²) < 4.78 is 4.48. The van der Waals surface area contributed by atoms with Crippen LogP contribution in [0.15, 0.2) is 11.6 Å². The van der Waals surface area contributed by atoms with E-state index in [4.69, 9.17) is 16.9 Å². The van der Waals surface area contributed by atoms with Crippen LogP contribution in [0.4, 0.5) is 0 Å². The third kappa shape index (κ3) is 1.51. The molecule has 0 bridgehead atoms. The lowest BCUT2D eigenvalue weighted by Gasteiger charge is -1.98. The molecule has 0 amide bonds. The summed E-state index contributed by atoms with van der Waals surface area (Å²) in [5.41, 5.74) is 10.4. The SMILES string of the molecule is CO/C(N)=C(\N)C=N. The highest BCUT2D eigenvalue weighted by Crippen LogP contribution is 1.84. The van der Waals surface area contributed by atoms with Gasteiger partial charge in [0.2, 0.25) is 5.88 Å².